The molecule has 32 heavy (non-hydrogen) atoms. The number of rotatable bonds is 9. The molecule has 1 amide bonds. The molecule has 0 heterocycles. The van der Waals surface area contributed by atoms with E-state index < -0.39 is 24.6 Å². The molecule has 0 fully saturated rings. The van der Waals surface area contributed by atoms with Crippen LogP contribution in [0.15, 0.2) is 72.3 Å². The molecule has 2 aromatic carbocycles. The molecule has 0 saturated carbocycles. The highest BCUT2D eigenvalue weighted by Gasteiger charge is 2.50. The van der Waals surface area contributed by atoms with Crippen molar-refractivity contribution in [2.45, 2.75) is 32.7 Å². The van der Waals surface area contributed by atoms with Gasteiger partial charge in [-0.25, -0.2) is 14.2 Å². The monoisotopic (exact) mass is 476 g/mol. The van der Waals surface area contributed by atoms with Crippen LogP contribution in [0.25, 0.3) is 0 Å². The molecule has 0 aliphatic heterocycles. The van der Waals surface area contributed by atoms with Crippen molar-refractivity contribution in [2.75, 3.05) is 20.3 Å². The van der Waals surface area contributed by atoms with Gasteiger partial charge in [0.15, 0.2) is 0 Å². The Balaban J connectivity index is 2.22. The van der Waals surface area contributed by atoms with Crippen molar-refractivity contribution in [3.8, 4) is 0 Å². The van der Waals surface area contributed by atoms with E-state index in [9.17, 15) is 13.2 Å². The Kier molecular flexibility index (Phi) is 8.79. The lowest BCUT2D eigenvalue weighted by Crippen LogP contribution is -2.66. The minimum absolute atomic E-state index is 0.0684. The van der Waals surface area contributed by atoms with E-state index in [1.165, 1.54) is 17.4 Å². The van der Waals surface area contributed by atoms with Gasteiger partial charge < -0.3 is 9.16 Å². The molecule has 7 nitrogen and oxygen atoms in total. The second-order valence-corrected chi connectivity index (χ2v) is 14.3. The first-order chi connectivity index (χ1) is 15.0. The number of hydrogen-bond acceptors (Lipinski definition) is 5. The largest absolute Gasteiger partial charge is 0.445 e. The Morgan fingerprint density at radius 1 is 1.00 bits per heavy atom. The minimum Gasteiger partial charge on any atom is -0.445 e. The Morgan fingerprint density at radius 2 is 1.50 bits per heavy atom. The maximum Gasteiger partial charge on any atom is 0.422 e. The Hall–Kier alpha value is -2.46. The van der Waals surface area contributed by atoms with Crippen molar-refractivity contribution in [2.24, 2.45) is 0 Å². The molecule has 0 atom stereocenters. The van der Waals surface area contributed by atoms with Gasteiger partial charge in [-0.1, -0.05) is 81.4 Å². The van der Waals surface area contributed by atoms with Gasteiger partial charge in [-0.3, -0.25) is 0 Å². The molecule has 174 valence electrons. The van der Waals surface area contributed by atoms with Crippen LogP contribution in [-0.4, -0.2) is 43.1 Å². The molecular weight excluding hydrogens is 444 g/mol. The highest BCUT2D eigenvalue weighted by atomic mass is 32.2. The average molecular weight is 477 g/mol. The summed E-state index contributed by atoms with van der Waals surface area (Å²) in [6, 6.07) is 20.6. The standard InChI is InChI=1S/C23H32N2O5SSi/c1-19(16-17-29-22(26)25-31(27,28)24-5)18-30-32(23(2,3)4,20-12-8-6-9-13-20)21-14-10-7-11-15-21/h6-16,24H,17-18H2,1-5H3,(H,25,26)/b19-16+. The number of ether oxygens (including phenoxy) is 1. The number of hydrogen-bond donors (Lipinski definition) is 2. The number of carbonyl (C=O) groups excluding carboxylic acids is 1. The molecule has 2 rings (SSSR count). The van der Waals surface area contributed by atoms with Gasteiger partial charge in [0.25, 0.3) is 8.32 Å². The van der Waals surface area contributed by atoms with Crippen LogP contribution < -0.4 is 19.8 Å². The van der Waals surface area contributed by atoms with Gasteiger partial charge in [-0.05, 0) is 34.0 Å². The maximum absolute atomic E-state index is 11.6. The predicted octanol–water partition coefficient (Wildman–Crippen LogP) is 2.70. The molecule has 2 aromatic rings. The van der Waals surface area contributed by atoms with Crippen LogP contribution >= 0.6 is 0 Å². The molecule has 0 bridgehead atoms. The second kappa shape index (κ2) is 10.9. The zero-order chi connectivity index (χ0) is 23.8. The first-order valence-corrected chi connectivity index (χ1v) is 13.7. The predicted molar refractivity (Wildman–Crippen MR) is 130 cm³/mol. The number of benzene rings is 2. The first-order valence-electron chi connectivity index (χ1n) is 10.3. The van der Waals surface area contributed by atoms with Gasteiger partial charge >= 0.3 is 16.3 Å². The van der Waals surface area contributed by atoms with Crippen LogP contribution in [0.3, 0.4) is 0 Å². The van der Waals surface area contributed by atoms with Gasteiger partial charge in [-0.15, -0.1) is 0 Å². The molecule has 0 unspecified atom stereocenters. The topological polar surface area (TPSA) is 93.7 Å². The smallest absolute Gasteiger partial charge is 0.422 e. The van der Waals surface area contributed by atoms with Gasteiger partial charge in [0, 0.05) is 7.05 Å². The Labute approximate surface area is 192 Å². The van der Waals surface area contributed by atoms with Crippen molar-refractivity contribution in [1.29, 1.82) is 0 Å². The van der Waals surface area contributed by atoms with Crippen molar-refractivity contribution >= 4 is 35.0 Å². The fraction of sp³-hybridized carbons (Fsp3) is 0.348. The summed E-state index contributed by atoms with van der Waals surface area (Å²) in [5.41, 5.74) is 0.877. The third kappa shape index (κ3) is 6.52. The van der Waals surface area contributed by atoms with Crippen LogP contribution in [0.5, 0.6) is 0 Å². The second-order valence-electron chi connectivity index (χ2n) is 8.41. The van der Waals surface area contributed by atoms with Crippen LogP contribution in [-0.2, 0) is 19.4 Å². The van der Waals surface area contributed by atoms with Gasteiger partial charge in [0.2, 0.25) is 0 Å². The summed E-state index contributed by atoms with van der Waals surface area (Å²) in [5, 5.41) is 2.22. The van der Waals surface area contributed by atoms with E-state index in [4.69, 9.17) is 9.16 Å². The molecule has 9 heteroatoms. The van der Waals surface area contributed by atoms with Crippen LogP contribution in [0.4, 0.5) is 4.79 Å². The van der Waals surface area contributed by atoms with E-state index >= 15 is 0 Å². The van der Waals surface area contributed by atoms with E-state index in [2.05, 4.69) is 45.0 Å². The number of nitrogens with one attached hydrogen (secondary N) is 2. The molecule has 0 aliphatic carbocycles. The molecule has 0 saturated heterocycles. The zero-order valence-electron chi connectivity index (χ0n) is 19.2. The highest BCUT2D eigenvalue weighted by Crippen LogP contribution is 2.36. The number of amides is 1. The summed E-state index contributed by atoms with van der Waals surface area (Å²) in [6.07, 6.45) is 0.667. The number of carbonyl (C=O) groups is 1. The molecular formula is C23H32N2O5SSi. The molecule has 0 spiro atoms. The van der Waals surface area contributed by atoms with Crippen molar-refractivity contribution in [3.05, 3.63) is 72.3 Å². The summed E-state index contributed by atoms with van der Waals surface area (Å²) >= 11 is 0. The summed E-state index contributed by atoms with van der Waals surface area (Å²) in [6.45, 7) is 8.78. The van der Waals surface area contributed by atoms with E-state index in [0.29, 0.717) is 6.61 Å². The molecule has 2 N–H and O–H groups in total. The summed E-state index contributed by atoms with van der Waals surface area (Å²) in [5.74, 6) is 0. The SMILES string of the molecule is CNS(=O)(=O)NC(=O)OC/C=C(\C)CO[Si](c1ccccc1)(c1ccccc1)C(C)(C)C. The fourth-order valence-electron chi connectivity index (χ4n) is 3.49. The van der Waals surface area contributed by atoms with E-state index in [1.54, 1.807) is 10.8 Å². The normalized spacial score (nSPS) is 13.0. The highest BCUT2D eigenvalue weighted by molar-refractivity contribution is 7.88. The summed E-state index contributed by atoms with van der Waals surface area (Å²) in [7, 11) is -5.35. The lowest BCUT2D eigenvalue weighted by atomic mass is 10.2. The minimum atomic E-state index is -3.89. The molecule has 0 radical (unpaired) electrons. The summed E-state index contributed by atoms with van der Waals surface area (Å²) in [4.78, 5) is 11.6. The fourth-order valence-corrected chi connectivity index (χ4v) is 8.47. The first kappa shape index (κ1) is 25.8. The van der Waals surface area contributed by atoms with E-state index in [1.807, 2.05) is 48.0 Å². The van der Waals surface area contributed by atoms with Crippen molar-refractivity contribution in [1.82, 2.24) is 9.44 Å². The van der Waals surface area contributed by atoms with Gasteiger partial charge in [-0.2, -0.15) is 8.42 Å². The summed E-state index contributed by atoms with van der Waals surface area (Å²) < 4.78 is 38.1. The third-order valence-corrected chi connectivity index (χ3v) is 11.0. The van der Waals surface area contributed by atoms with Gasteiger partial charge in [0.1, 0.15) is 6.61 Å². The molecule has 0 aliphatic rings. The van der Waals surface area contributed by atoms with Crippen LogP contribution in [0, 0.1) is 0 Å². The lowest BCUT2D eigenvalue weighted by Gasteiger charge is -2.43. The lowest BCUT2D eigenvalue weighted by molar-refractivity contribution is 0.164. The Morgan fingerprint density at radius 3 is 1.94 bits per heavy atom. The van der Waals surface area contributed by atoms with Crippen LogP contribution in [0.1, 0.15) is 27.7 Å². The average Bonchev–Trinajstić information content (AvgIpc) is 2.74. The van der Waals surface area contributed by atoms with E-state index in [-0.39, 0.29) is 11.6 Å². The molecule has 0 aromatic heterocycles. The third-order valence-electron chi connectivity index (χ3n) is 5.07. The van der Waals surface area contributed by atoms with E-state index in [0.717, 1.165) is 5.57 Å². The van der Waals surface area contributed by atoms with Crippen LogP contribution in [0.2, 0.25) is 5.04 Å². The maximum atomic E-state index is 11.6. The van der Waals surface area contributed by atoms with Crippen molar-refractivity contribution in [3.63, 3.8) is 0 Å². The Bertz CT molecular complexity index is 980. The van der Waals surface area contributed by atoms with Gasteiger partial charge in [0.05, 0.1) is 6.61 Å². The quantitative estimate of drug-likeness (QED) is 0.429. The van der Waals surface area contributed by atoms with Crippen molar-refractivity contribution < 1.29 is 22.4 Å². The zero-order valence-corrected chi connectivity index (χ0v) is 21.0.